The van der Waals surface area contributed by atoms with Crippen molar-refractivity contribution in [1.29, 1.82) is 0 Å². The molecule has 0 bridgehead atoms. The monoisotopic (exact) mass is 427 g/mol. The van der Waals surface area contributed by atoms with Crippen LogP contribution < -0.4 is 5.56 Å². The van der Waals surface area contributed by atoms with Gasteiger partial charge >= 0.3 is 6.09 Å². The van der Waals surface area contributed by atoms with Crippen LogP contribution in [-0.4, -0.2) is 69.4 Å². The van der Waals surface area contributed by atoms with Gasteiger partial charge < -0.3 is 24.6 Å². The zero-order valence-corrected chi connectivity index (χ0v) is 18.3. The first-order valence-electron chi connectivity index (χ1n) is 10.2. The summed E-state index contributed by atoms with van der Waals surface area (Å²) >= 11 is 0. The summed E-state index contributed by atoms with van der Waals surface area (Å²) in [7, 11) is 3.29. The molecule has 166 valence electrons. The third-order valence-corrected chi connectivity index (χ3v) is 6.19. The molecule has 1 fully saturated rings. The number of hydrogen-bond acceptors (Lipinski definition) is 4. The van der Waals surface area contributed by atoms with Gasteiger partial charge in [0.05, 0.1) is 17.7 Å². The lowest BCUT2D eigenvalue weighted by molar-refractivity contribution is -0.123. The van der Waals surface area contributed by atoms with E-state index in [-0.39, 0.29) is 37.5 Å². The van der Waals surface area contributed by atoms with Gasteiger partial charge in [0, 0.05) is 50.4 Å². The number of rotatable bonds is 4. The number of pyridine rings is 1. The van der Waals surface area contributed by atoms with Crippen molar-refractivity contribution in [2.75, 3.05) is 27.2 Å². The Morgan fingerprint density at radius 3 is 2.35 bits per heavy atom. The number of aromatic nitrogens is 1. The topological polar surface area (TPSA) is 103 Å². The van der Waals surface area contributed by atoms with Crippen molar-refractivity contribution in [3.8, 4) is 11.1 Å². The van der Waals surface area contributed by atoms with E-state index in [0.717, 1.165) is 5.56 Å². The number of carbonyl (C=O) groups excluding carboxylic acids is 1. The zero-order valence-electron chi connectivity index (χ0n) is 18.3. The van der Waals surface area contributed by atoms with Gasteiger partial charge in [0.15, 0.2) is 0 Å². The van der Waals surface area contributed by atoms with Crippen LogP contribution in [-0.2, 0) is 6.54 Å². The molecule has 3 rings (SSSR count). The standard InChI is InChI=1S/C23H29N3O5/c1-22(2)14-25(21(29)30)11-10-23(22,31)15-26-13-18(20(28)24(3)4)17(12-19(26)27)16-8-6-5-7-9-16/h5-9,12-13,31H,10-11,14-15H2,1-4H3,(H,29,30)/t23-/m1/s1. The Morgan fingerprint density at radius 2 is 1.81 bits per heavy atom. The Morgan fingerprint density at radius 1 is 1.16 bits per heavy atom. The van der Waals surface area contributed by atoms with Crippen molar-refractivity contribution in [2.45, 2.75) is 32.4 Å². The number of nitrogens with zero attached hydrogens (tertiary/aromatic N) is 3. The fourth-order valence-corrected chi connectivity index (χ4v) is 4.06. The molecule has 0 aliphatic carbocycles. The first-order valence-corrected chi connectivity index (χ1v) is 10.2. The summed E-state index contributed by atoms with van der Waals surface area (Å²) in [5.41, 5.74) is -0.778. The summed E-state index contributed by atoms with van der Waals surface area (Å²) in [5.74, 6) is -0.250. The van der Waals surface area contributed by atoms with E-state index in [4.69, 9.17) is 0 Å². The molecule has 0 spiro atoms. The first-order chi connectivity index (χ1) is 14.4. The molecular formula is C23H29N3O5. The summed E-state index contributed by atoms with van der Waals surface area (Å²) in [6.45, 7) is 3.87. The van der Waals surface area contributed by atoms with Crippen LogP contribution >= 0.6 is 0 Å². The quantitative estimate of drug-likeness (QED) is 0.780. The molecule has 8 heteroatoms. The minimum absolute atomic E-state index is 0.0327. The number of piperidine rings is 1. The third kappa shape index (κ3) is 4.34. The van der Waals surface area contributed by atoms with Gasteiger partial charge in [-0.2, -0.15) is 0 Å². The number of benzene rings is 1. The van der Waals surface area contributed by atoms with E-state index in [0.29, 0.717) is 11.1 Å². The van der Waals surface area contributed by atoms with Crippen LogP contribution in [0.2, 0.25) is 0 Å². The summed E-state index contributed by atoms with van der Waals surface area (Å²) in [6, 6.07) is 10.6. The lowest BCUT2D eigenvalue weighted by Crippen LogP contribution is -2.60. The number of likely N-dealkylation sites (tertiary alicyclic amines) is 1. The molecule has 1 aromatic heterocycles. The molecule has 0 radical (unpaired) electrons. The van der Waals surface area contributed by atoms with Crippen LogP contribution in [0.3, 0.4) is 0 Å². The van der Waals surface area contributed by atoms with Crippen LogP contribution in [0.5, 0.6) is 0 Å². The maximum absolute atomic E-state index is 13.0. The van der Waals surface area contributed by atoms with Crippen LogP contribution in [0.4, 0.5) is 4.79 Å². The maximum Gasteiger partial charge on any atom is 0.407 e. The molecule has 2 N–H and O–H groups in total. The predicted octanol–water partition coefficient (Wildman–Crippen LogP) is 2.36. The molecule has 2 aromatic rings. The molecule has 8 nitrogen and oxygen atoms in total. The normalized spacial score (nSPS) is 20.4. The molecule has 2 heterocycles. The van der Waals surface area contributed by atoms with Crippen molar-refractivity contribution in [2.24, 2.45) is 5.41 Å². The van der Waals surface area contributed by atoms with E-state index < -0.39 is 17.1 Å². The van der Waals surface area contributed by atoms with Gasteiger partial charge in [-0.25, -0.2) is 4.79 Å². The first kappa shape index (κ1) is 22.6. The molecule has 31 heavy (non-hydrogen) atoms. The van der Waals surface area contributed by atoms with Gasteiger partial charge in [-0.1, -0.05) is 44.2 Å². The third-order valence-electron chi connectivity index (χ3n) is 6.19. The smallest absolute Gasteiger partial charge is 0.407 e. The van der Waals surface area contributed by atoms with E-state index in [9.17, 15) is 24.6 Å². The fraction of sp³-hybridized carbons (Fsp3) is 0.435. The SMILES string of the molecule is CN(C)C(=O)c1cn(C[C@]2(O)CCN(C(=O)O)CC2(C)C)c(=O)cc1-c1ccccc1. The molecule has 1 atom stereocenters. The van der Waals surface area contributed by atoms with Crippen molar-refractivity contribution in [3.63, 3.8) is 0 Å². The number of amides is 2. The van der Waals surface area contributed by atoms with E-state index in [1.54, 1.807) is 27.9 Å². The van der Waals surface area contributed by atoms with Crippen LogP contribution in [0.25, 0.3) is 11.1 Å². The van der Waals surface area contributed by atoms with Gasteiger partial charge in [-0.3, -0.25) is 9.59 Å². The largest absolute Gasteiger partial charge is 0.465 e. The van der Waals surface area contributed by atoms with Gasteiger partial charge in [0.25, 0.3) is 11.5 Å². The van der Waals surface area contributed by atoms with Crippen LogP contribution in [0, 0.1) is 5.41 Å². The van der Waals surface area contributed by atoms with E-state index in [1.807, 2.05) is 30.3 Å². The van der Waals surface area contributed by atoms with E-state index in [2.05, 4.69) is 0 Å². The molecule has 0 unspecified atom stereocenters. The minimum atomic E-state index is -1.31. The van der Waals surface area contributed by atoms with E-state index in [1.165, 1.54) is 26.6 Å². The molecular weight excluding hydrogens is 398 g/mol. The lowest BCUT2D eigenvalue weighted by atomic mass is 9.70. The average Bonchev–Trinajstić information content (AvgIpc) is 2.71. The van der Waals surface area contributed by atoms with Crippen molar-refractivity contribution in [1.82, 2.24) is 14.4 Å². The number of carboxylic acid groups (broad SMARTS) is 1. The highest BCUT2D eigenvalue weighted by atomic mass is 16.4. The van der Waals surface area contributed by atoms with Crippen molar-refractivity contribution >= 4 is 12.0 Å². The Labute approximate surface area is 181 Å². The average molecular weight is 428 g/mol. The number of hydrogen-bond donors (Lipinski definition) is 2. The molecule has 1 aliphatic rings. The minimum Gasteiger partial charge on any atom is -0.465 e. The van der Waals surface area contributed by atoms with Crippen LogP contribution in [0.1, 0.15) is 30.6 Å². The van der Waals surface area contributed by atoms with Gasteiger partial charge in [-0.15, -0.1) is 0 Å². The predicted molar refractivity (Wildman–Crippen MR) is 117 cm³/mol. The fourth-order valence-electron chi connectivity index (χ4n) is 4.06. The van der Waals surface area contributed by atoms with Gasteiger partial charge in [0.2, 0.25) is 0 Å². The lowest BCUT2D eigenvalue weighted by Gasteiger charge is -2.49. The highest BCUT2D eigenvalue weighted by Gasteiger charge is 2.49. The Balaban J connectivity index is 2.04. The number of aliphatic hydroxyl groups is 1. The molecule has 1 aliphatic heterocycles. The van der Waals surface area contributed by atoms with Crippen LogP contribution in [0.15, 0.2) is 47.4 Å². The molecule has 1 saturated heterocycles. The molecule has 1 aromatic carbocycles. The Bertz CT molecular complexity index is 1040. The second-order valence-corrected chi connectivity index (χ2v) is 9.00. The molecule has 0 saturated carbocycles. The Hall–Kier alpha value is -3.13. The van der Waals surface area contributed by atoms with Gasteiger partial charge in [-0.05, 0) is 12.0 Å². The maximum atomic E-state index is 13.0. The Kier molecular flexibility index (Phi) is 5.96. The zero-order chi connectivity index (χ0) is 23.0. The summed E-state index contributed by atoms with van der Waals surface area (Å²) in [6.07, 6.45) is 0.666. The summed E-state index contributed by atoms with van der Waals surface area (Å²) in [5, 5.41) is 20.7. The second-order valence-electron chi connectivity index (χ2n) is 9.00. The molecule has 2 amide bonds. The van der Waals surface area contributed by atoms with Crippen molar-refractivity contribution < 1.29 is 19.8 Å². The van der Waals surface area contributed by atoms with Gasteiger partial charge in [0.1, 0.15) is 0 Å². The van der Waals surface area contributed by atoms with Crippen molar-refractivity contribution in [3.05, 3.63) is 58.5 Å². The summed E-state index contributed by atoms with van der Waals surface area (Å²) in [4.78, 5) is 40.0. The number of carbonyl (C=O) groups is 2. The van der Waals surface area contributed by atoms with E-state index >= 15 is 0 Å². The summed E-state index contributed by atoms with van der Waals surface area (Å²) < 4.78 is 1.36. The highest BCUT2D eigenvalue weighted by molar-refractivity contribution is 6.00. The second kappa shape index (κ2) is 8.19. The highest BCUT2D eigenvalue weighted by Crippen LogP contribution is 2.40.